The van der Waals surface area contributed by atoms with Crippen molar-refractivity contribution in [3.05, 3.63) is 32.4 Å². The zero-order valence-corrected chi connectivity index (χ0v) is 13.6. The third kappa shape index (κ3) is 3.93. The van der Waals surface area contributed by atoms with Crippen LogP contribution in [0.5, 0.6) is 0 Å². The zero-order chi connectivity index (χ0) is 17.8. The number of sulfonamides is 1. The molecule has 0 aromatic heterocycles. The molecular weight excluding hydrogens is 328 g/mol. The standard InChI is InChI=1S/C12H18N4O6S/c1-3-5-14(6-4-2)23(21,22)9-7-10(15(17)18)12(13)11(8-9)16(19)20/h7-8H,3-6,13H2,1-2H3. The summed E-state index contributed by atoms with van der Waals surface area (Å²) in [6.45, 7) is 3.99. The highest BCUT2D eigenvalue weighted by Gasteiger charge is 2.31. The van der Waals surface area contributed by atoms with Gasteiger partial charge in [0.05, 0.1) is 14.7 Å². The Morgan fingerprint density at radius 3 is 1.74 bits per heavy atom. The molecule has 10 nitrogen and oxygen atoms in total. The van der Waals surface area contributed by atoms with Crippen LogP contribution in [0.2, 0.25) is 0 Å². The van der Waals surface area contributed by atoms with Gasteiger partial charge < -0.3 is 5.73 Å². The molecule has 0 saturated carbocycles. The highest BCUT2D eigenvalue weighted by atomic mass is 32.2. The summed E-state index contributed by atoms with van der Waals surface area (Å²) in [5, 5.41) is 22.0. The fraction of sp³-hybridized carbons (Fsp3) is 0.500. The summed E-state index contributed by atoms with van der Waals surface area (Å²) in [6.07, 6.45) is 1.08. The van der Waals surface area contributed by atoms with Crippen LogP contribution in [0.15, 0.2) is 17.0 Å². The fourth-order valence-electron chi connectivity index (χ4n) is 2.05. The van der Waals surface area contributed by atoms with Gasteiger partial charge in [0.15, 0.2) is 5.69 Å². The fourth-order valence-corrected chi connectivity index (χ4v) is 3.71. The molecule has 23 heavy (non-hydrogen) atoms. The topological polar surface area (TPSA) is 150 Å². The normalized spacial score (nSPS) is 11.6. The maximum atomic E-state index is 12.6. The molecule has 0 heterocycles. The highest BCUT2D eigenvalue weighted by molar-refractivity contribution is 7.89. The molecule has 0 radical (unpaired) electrons. The highest BCUT2D eigenvalue weighted by Crippen LogP contribution is 2.35. The van der Waals surface area contributed by atoms with Crippen LogP contribution >= 0.6 is 0 Å². The summed E-state index contributed by atoms with van der Waals surface area (Å²) < 4.78 is 26.4. The first-order valence-corrected chi connectivity index (χ1v) is 8.33. The van der Waals surface area contributed by atoms with Gasteiger partial charge in [-0.2, -0.15) is 4.31 Å². The number of nitro groups is 2. The second-order valence-corrected chi connectivity index (χ2v) is 6.73. The number of rotatable bonds is 8. The predicted octanol–water partition coefficient (Wildman–Crippen LogP) is 1.90. The third-order valence-corrected chi connectivity index (χ3v) is 4.96. The number of hydrogen-bond acceptors (Lipinski definition) is 7. The molecule has 1 aromatic carbocycles. The smallest absolute Gasteiger partial charge is 0.300 e. The molecule has 0 unspecified atom stereocenters. The Bertz CT molecular complexity index is 677. The number of benzene rings is 1. The van der Waals surface area contributed by atoms with Crippen molar-refractivity contribution in [3.8, 4) is 0 Å². The van der Waals surface area contributed by atoms with Crippen molar-refractivity contribution in [1.29, 1.82) is 0 Å². The van der Waals surface area contributed by atoms with Crippen molar-refractivity contribution in [2.24, 2.45) is 0 Å². The SMILES string of the molecule is CCCN(CCC)S(=O)(=O)c1cc([N+](=O)[O-])c(N)c([N+](=O)[O-])c1. The molecule has 0 aliphatic rings. The van der Waals surface area contributed by atoms with Gasteiger partial charge in [-0.3, -0.25) is 20.2 Å². The van der Waals surface area contributed by atoms with Gasteiger partial charge in [-0.05, 0) is 12.8 Å². The first-order chi connectivity index (χ1) is 10.7. The quantitative estimate of drug-likeness (QED) is 0.429. The lowest BCUT2D eigenvalue weighted by Crippen LogP contribution is -2.32. The monoisotopic (exact) mass is 346 g/mol. The van der Waals surface area contributed by atoms with Gasteiger partial charge in [-0.1, -0.05) is 13.8 Å². The van der Waals surface area contributed by atoms with E-state index in [1.54, 1.807) is 13.8 Å². The second kappa shape index (κ2) is 7.33. The number of anilines is 1. The van der Waals surface area contributed by atoms with Crippen molar-refractivity contribution < 1.29 is 18.3 Å². The van der Waals surface area contributed by atoms with E-state index in [9.17, 15) is 28.6 Å². The van der Waals surface area contributed by atoms with Gasteiger partial charge in [0.1, 0.15) is 0 Å². The van der Waals surface area contributed by atoms with E-state index < -0.39 is 41.8 Å². The maximum Gasteiger partial charge on any atom is 0.300 e. The number of nitrogen functional groups attached to an aromatic ring is 1. The molecule has 1 rings (SSSR count). The largest absolute Gasteiger partial charge is 0.387 e. The molecule has 0 aliphatic heterocycles. The maximum absolute atomic E-state index is 12.6. The molecule has 2 N–H and O–H groups in total. The van der Waals surface area contributed by atoms with Gasteiger partial charge in [0.25, 0.3) is 0 Å². The summed E-state index contributed by atoms with van der Waals surface area (Å²) in [5.41, 5.74) is 3.13. The van der Waals surface area contributed by atoms with E-state index in [0.29, 0.717) is 12.8 Å². The second-order valence-electron chi connectivity index (χ2n) is 4.79. The van der Waals surface area contributed by atoms with E-state index in [1.165, 1.54) is 0 Å². The first-order valence-electron chi connectivity index (χ1n) is 6.89. The van der Waals surface area contributed by atoms with E-state index in [-0.39, 0.29) is 13.1 Å². The van der Waals surface area contributed by atoms with Crippen LogP contribution in [0.1, 0.15) is 26.7 Å². The minimum atomic E-state index is -4.09. The average molecular weight is 346 g/mol. The van der Waals surface area contributed by atoms with Crippen molar-refractivity contribution in [2.45, 2.75) is 31.6 Å². The molecule has 11 heteroatoms. The van der Waals surface area contributed by atoms with Crippen LogP contribution in [-0.2, 0) is 10.0 Å². The van der Waals surface area contributed by atoms with Crippen LogP contribution in [0, 0.1) is 20.2 Å². The van der Waals surface area contributed by atoms with Gasteiger partial charge >= 0.3 is 11.4 Å². The van der Waals surface area contributed by atoms with Crippen LogP contribution in [0.25, 0.3) is 0 Å². The zero-order valence-electron chi connectivity index (χ0n) is 12.8. The molecule has 0 saturated heterocycles. The average Bonchev–Trinajstić information content (AvgIpc) is 2.46. The summed E-state index contributed by atoms with van der Waals surface area (Å²) >= 11 is 0. The summed E-state index contributed by atoms with van der Waals surface area (Å²) in [7, 11) is -4.09. The summed E-state index contributed by atoms with van der Waals surface area (Å²) in [6, 6.07) is 1.52. The van der Waals surface area contributed by atoms with Crippen molar-refractivity contribution >= 4 is 27.1 Å². The van der Waals surface area contributed by atoms with E-state index in [0.717, 1.165) is 16.4 Å². The van der Waals surface area contributed by atoms with Gasteiger partial charge in [-0.15, -0.1) is 0 Å². The first kappa shape index (κ1) is 18.8. The number of nitrogens with zero attached hydrogens (tertiary/aromatic N) is 3. The Morgan fingerprint density at radius 2 is 1.43 bits per heavy atom. The van der Waals surface area contributed by atoms with Gasteiger partial charge in [0, 0.05) is 25.2 Å². The van der Waals surface area contributed by atoms with Crippen molar-refractivity contribution in [1.82, 2.24) is 4.31 Å². The Morgan fingerprint density at radius 1 is 1.04 bits per heavy atom. The van der Waals surface area contributed by atoms with E-state index in [4.69, 9.17) is 5.73 Å². The van der Waals surface area contributed by atoms with Crippen LogP contribution in [-0.4, -0.2) is 35.7 Å². The summed E-state index contributed by atoms with van der Waals surface area (Å²) in [4.78, 5) is 19.6. The molecule has 0 aliphatic carbocycles. The Balaban J connectivity index is 3.57. The lowest BCUT2D eigenvalue weighted by Gasteiger charge is -2.20. The minimum Gasteiger partial charge on any atom is -0.387 e. The molecule has 0 amide bonds. The van der Waals surface area contributed by atoms with E-state index in [2.05, 4.69) is 0 Å². The van der Waals surface area contributed by atoms with Crippen molar-refractivity contribution in [3.63, 3.8) is 0 Å². The lowest BCUT2D eigenvalue weighted by molar-refractivity contribution is -0.392. The van der Waals surface area contributed by atoms with Crippen LogP contribution in [0.3, 0.4) is 0 Å². The van der Waals surface area contributed by atoms with Crippen LogP contribution < -0.4 is 5.73 Å². The molecule has 0 atom stereocenters. The number of hydrogen-bond donors (Lipinski definition) is 1. The number of nitrogens with two attached hydrogens (primary N) is 1. The third-order valence-electron chi connectivity index (χ3n) is 3.09. The molecule has 0 bridgehead atoms. The van der Waals surface area contributed by atoms with E-state index in [1.807, 2.05) is 0 Å². The molecule has 1 aromatic rings. The van der Waals surface area contributed by atoms with Crippen molar-refractivity contribution in [2.75, 3.05) is 18.8 Å². The Hall–Kier alpha value is -2.27. The molecule has 128 valence electrons. The molecule has 0 spiro atoms. The lowest BCUT2D eigenvalue weighted by atomic mass is 10.2. The van der Waals surface area contributed by atoms with E-state index >= 15 is 0 Å². The summed E-state index contributed by atoms with van der Waals surface area (Å²) in [5.74, 6) is 0. The number of nitro benzene ring substituents is 2. The Labute approximate surface area is 133 Å². The van der Waals surface area contributed by atoms with Gasteiger partial charge in [0.2, 0.25) is 10.0 Å². The molecular formula is C12H18N4O6S. The predicted molar refractivity (Wildman–Crippen MR) is 83.5 cm³/mol. The minimum absolute atomic E-state index is 0.210. The van der Waals surface area contributed by atoms with Crippen LogP contribution in [0.4, 0.5) is 17.1 Å². The Kier molecular flexibility index (Phi) is 5.98. The molecule has 0 fully saturated rings. The van der Waals surface area contributed by atoms with Gasteiger partial charge in [-0.25, -0.2) is 8.42 Å².